The molecule has 0 radical (unpaired) electrons. The summed E-state index contributed by atoms with van der Waals surface area (Å²) in [7, 11) is 1.52. The summed E-state index contributed by atoms with van der Waals surface area (Å²) in [4.78, 5) is 54.3. The van der Waals surface area contributed by atoms with Crippen LogP contribution in [0.2, 0.25) is 0 Å². The number of aromatic amines is 1. The van der Waals surface area contributed by atoms with Crippen LogP contribution in [0.15, 0.2) is 65.2 Å². The van der Waals surface area contributed by atoms with E-state index < -0.39 is 24.2 Å². The van der Waals surface area contributed by atoms with Gasteiger partial charge in [-0.1, -0.05) is 18.2 Å². The van der Waals surface area contributed by atoms with Gasteiger partial charge in [0.2, 0.25) is 6.29 Å². The molecule has 2 amide bonds. The number of alkyl halides is 3. The fourth-order valence-corrected chi connectivity index (χ4v) is 4.56. The molecule has 10 nitrogen and oxygen atoms in total. The maximum Gasteiger partial charge on any atom is 0.446 e. The first-order valence-electron chi connectivity index (χ1n) is 12.8. The zero-order valence-electron chi connectivity index (χ0n) is 22.6. The second-order valence-corrected chi connectivity index (χ2v) is 9.22. The summed E-state index contributed by atoms with van der Waals surface area (Å²) in [6.45, 7) is 1.82. The zero-order valence-corrected chi connectivity index (χ0v) is 22.6. The number of ether oxygens (including phenoxy) is 1. The number of rotatable bonds is 6. The number of benzene rings is 2. The van der Waals surface area contributed by atoms with E-state index in [1.165, 1.54) is 18.2 Å². The fourth-order valence-electron chi connectivity index (χ4n) is 4.56. The first-order chi connectivity index (χ1) is 20.1. The number of Topliss-reactive ketones (excluding diaryl/α,β-unsaturated/α-hetero) is 1. The third-order valence-corrected chi connectivity index (χ3v) is 6.64. The highest BCUT2D eigenvalue weighted by Crippen LogP contribution is 2.37. The Morgan fingerprint density at radius 2 is 1.64 bits per heavy atom. The van der Waals surface area contributed by atoms with Crippen molar-refractivity contribution in [3.63, 3.8) is 0 Å². The number of quaternary nitrogens is 1. The van der Waals surface area contributed by atoms with Gasteiger partial charge < -0.3 is 29.7 Å². The summed E-state index contributed by atoms with van der Waals surface area (Å²) in [5, 5.41) is 0.527. The quantitative estimate of drug-likeness (QED) is 0.203. The van der Waals surface area contributed by atoms with Crippen LogP contribution >= 0.6 is 0 Å². The summed E-state index contributed by atoms with van der Waals surface area (Å²) in [5.74, 6) is 0.547. The lowest BCUT2D eigenvalue weighted by molar-refractivity contribution is -0.390. The maximum absolute atomic E-state index is 13.3. The minimum absolute atomic E-state index is 0.0807. The van der Waals surface area contributed by atoms with Gasteiger partial charge >= 0.3 is 6.18 Å². The van der Waals surface area contributed by atoms with Crippen molar-refractivity contribution in [1.29, 1.82) is 0 Å². The van der Waals surface area contributed by atoms with Gasteiger partial charge in [0.05, 0.1) is 23.6 Å². The van der Waals surface area contributed by atoms with Crippen molar-refractivity contribution in [2.75, 3.05) is 33.3 Å². The van der Waals surface area contributed by atoms with E-state index in [-0.39, 0.29) is 24.6 Å². The Bertz CT molecular complexity index is 1590. The van der Waals surface area contributed by atoms with Crippen molar-refractivity contribution in [2.45, 2.75) is 12.7 Å². The number of amides is 2. The number of hydrogen-bond acceptors (Lipinski definition) is 6. The first kappa shape index (κ1) is 30.1. The Balaban J connectivity index is 0.000000612. The molecule has 4 aromatic rings. The Morgan fingerprint density at radius 1 is 1.00 bits per heavy atom. The highest BCUT2D eigenvalue weighted by Gasteiger charge is 2.31. The van der Waals surface area contributed by atoms with Gasteiger partial charge in [0, 0.05) is 43.5 Å². The molecule has 1 fully saturated rings. The Kier molecular flexibility index (Phi) is 9.11. The summed E-state index contributed by atoms with van der Waals surface area (Å²) in [5.41, 5.74) is 6.09. The smallest absolute Gasteiger partial charge is 0.446 e. The van der Waals surface area contributed by atoms with Crippen LogP contribution in [0.25, 0.3) is 22.2 Å². The van der Waals surface area contributed by atoms with Crippen molar-refractivity contribution >= 4 is 34.8 Å². The molecule has 42 heavy (non-hydrogen) atoms. The van der Waals surface area contributed by atoms with E-state index in [0.717, 1.165) is 11.3 Å². The second kappa shape index (κ2) is 12.7. The number of piperazine rings is 1. The molecule has 220 valence electrons. The lowest BCUT2D eigenvalue weighted by Gasteiger charge is -2.34. The number of ketones is 1. The van der Waals surface area contributed by atoms with Crippen LogP contribution < -0.4 is 10.5 Å². The molecule has 13 heteroatoms. The number of hydrogen-bond donors (Lipinski definition) is 2. The van der Waals surface area contributed by atoms with E-state index in [2.05, 4.69) is 10.7 Å². The molecule has 1 aliphatic heterocycles. The average Bonchev–Trinajstić information content (AvgIpc) is 3.68. The predicted octanol–water partition coefficient (Wildman–Crippen LogP) is 3.09. The molecular weight excluding hydrogens is 557 g/mol. The van der Waals surface area contributed by atoms with Crippen molar-refractivity contribution in [3.8, 4) is 17.1 Å². The van der Waals surface area contributed by atoms with Crippen LogP contribution in [0, 0.1) is 0 Å². The van der Waals surface area contributed by atoms with Gasteiger partial charge in [-0.25, -0.2) is 0 Å². The van der Waals surface area contributed by atoms with Crippen LogP contribution in [0.3, 0.4) is 0 Å². The van der Waals surface area contributed by atoms with Crippen molar-refractivity contribution in [3.05, 3.63) is 77.7 Å². The first-order valence-corrected chi connectivity index (χ1v) is 12.8. The van der Waals surface area contributed by atoms with E-state index in [0.29, 0.717) is 47.6 Å². The van der Waals surface area contributed by atoms with E-state index in [4.69, 9.17) is 13.9 Å². The number of fused-ring (bicyclic) bond motifs is 1. The number of nitrogens with one attached hydrogen (secondary N) is 1. The monoisotopic (exact) mass is 585 g/mol. The van der Waals surface area contributed by atoms with Crippen LogP contribution in [-0.4, -0.2) is 78.1 Å². The molecule has 0 aliphatic carbocycles. The minimum Gasteiger partial charge on any atom is -0.496 e. The number of aldehydes is 1. The lowest BCUT2D eigenvalue weighted by Crippen LogP contribution is -2.52. The second-order valence-electron chi connectivity index (χ2n) is 9.22. The summed E-state index contributed by atoms with van der Waals surface area (Å²) in [6, 6.07) is 16.3. The topological polar surface area (TPSA) is 141 Å². The number of H-pyrrole nitrogens is 1. The summed E-state index contributed by atoms with van der Waals surface area (Å²) in [6.07, 6.45) is -4.16. The largest absolute Gasteiger partial charge is 0.496 e. The molecule has 1 aliphatic rings. The number of furan rings is 1. The molecule has 5 rings (SSSR count). The van der Waals surface area contributed by atoms with Crippen LogP contribution in [0.4, 0.5) is 13.2 Å². The van der Waals surface area contributed by atoms with E-state index in [9.17, 15) is 27.6 Å². The van der Waals surface area contributed by atoms with Gasteiger partial charge in [0.15, 0.2) is 5.76 Å². The summed E-state index contributed by atoms with van der Waals surface area (Å²) >= 11 is 0. The molecule has 3 heterocycles. The average molecular weight is 586 g/mol. The summed E-state index contributed by atoms with van der Waals surface area (Å²) < 4.78 is 42.6. The van der Waals surface area contributed by atoms with Crippen LogP contribution in [-0.2, 0) is 16.1 Å². The van der Waals surface area contributed by atoms with Crippen molar-refractivity contribution in [2.24, 2.45) is 0 Å². The molecular formula is C29H28F3N4O6+. The van der Waals surface area contributed by atoms with E-state index in [1.54, 1.807) is 23.1 Å². The van der Waals surface area contributed by atoms with Gasteiger partial charge in [-0.15, -0.1) is 0 Å². The molecule has 0 spiro atoms. The number of methoxy groups -OCH3 is 1. The number of halogens is 3. The predicted molar refractivity (Wildman–Crippen MR) is 145 cm³/mol. The van der Waals surface area contributed by atoms with Gasteiger partial charge in [0.1, 0.15) is 18.1 Å². The molecule has 2 aromatic carbocycles. The normalized spacial score (nSPS) is 13.4. The molecule has 0 saturated carbocycles. The molecule has 1 saturated heterocycles. The minimum atomic E-state index is -4.64. The molecule has 4 N–H and O–H groups in total. The lowest BCUT2D eigenvalue weighted by atomic mass is 10.0. The Morgan fingerprint density at radius 3 is 2.21 bits per heavy atom. The number of carbonyl (C=O) groups excluding carboxylic acids is 4. The van der Waals surface area contributed by atoms with E-state index >= 15 is 0 Å². The van der Waals surface area contributed by atoms with Crippen molar-refractivity contribution < 1.29 is 47.2 Å². The van der Waals surface area contributed by atoms with Gasteiger partial charge in [-0.3, -0.25) is 19.2 Å². The fraction of sp³-hybridized carbons (Fsp3) is 0.241. The zero-order chi connectivity index (χ0) is 30.4. The molecule has 0 unspecified atom stereocenters. The highest BCUT2D eigenvalue weighted by molar-refractivity contribution is 6.45. The van der Waals surface area contributed by atoms with Gasteiger partial charge in [-0.05, 0) is 36.4 Å². The van der Waals surface area contributed by atoms with Gasteiger partial charge in [-0.2, -0.15) is 13.2 Å². The maximum atomic E-state index is 13.3. The van der Waals surface area contributed by atoms with E-state index in [1.807, 2.05) is 36.4 Å². The number of nitrogens with zero attached hydrogens (tertiary/aromatic N) is 2. The standard InChI is InChI=1S/C27H26N4O5.C2HF3O/c1-35-22-10-8-19(21-9-7-18(15-28)36-21)24-23(22)20(16-29-24)25(32)27(34)31-13-11-30(12-14-31)26(33)17-5-3-2-4-6-17;3-2(4,5)1-6/h2-10,16,29H,11-15,28H2,1H3;1H/p+1. The number of carbonyl (C=O) groups is 4. The van der Waals surface area contributed by atoms with Crippen LogP contribution in [0.5, 0.6) is 5.75 Å². The van der Waals surface area contributed by atoms with Crippen LogP contribution in [0.1, 0.15) is 26.5 Å². The third-order valence-electron chi connectivity index (χ3n) is 6.64. The Hall–Kier alpha value is -4.91. The molecule has 0 atom stereocenters. The Labute approximate surface area is 237 Å². The number of aromatic nitrogens is 1. The SMILES string of the molecule is COc1ccc(-c2ccc(C[NH3+])o2)c2[nH]cc(C(=O)C(=O)N3CCN(C(=O)c4ccccc4)CC3)c12.O=CC(F)(F)F. The van der Waals surface area contributed by atoms with Crippen molar-refractivity contribution in [1.82, 2.24) is 14.8 Å². The van der Waals surface area contributed by atoms with Gasteiger partial charge in [0.25, 0.3) is 17.6 Å². The molecule has 0 bridgehead atoms. The highest BCUT2D eigenvalue weighted by atomic mass is 19.4. The molecule has 2 aromatic heterocycles. The third kappa shape index (κ3) is 6.52.